The summed E-state index contributed by atoms with van der Waals surface area (Å²) in [4.78, 5) is 26.0. The van der Waals surface area contributed by atoms with E-state index in [1.165, 1.54) is 4.90 Å². The Kier molecular flexibility index (Phi) is 4.02. The summed E-state index contributed by atoms with van der Waals surface area (Å²) in [5.74, 6) is -0.223. The van der Waals surface area contributed by atoms with Gasteiger partial charge in [-0.1, -0.05) is 0 Å². The van der Waals surface area contributed by atoms with E-state index < -0.39 is 11.6 Å². The smallest absolute Gasteiger partial charge is 0.315 e. The molecule has 25 heavy (non-hydrogen) atoms. The highest BCUT2D eigenvalue weighted by Gasteiger charge is 2.31. The van der Waals surface area contributed by atoms with Crippen molar-refractivity contribution in [1.29, 1.82) is 0 Å². The molecule has 0 radical (unpaired) electrons. The summed E-state index contributed by atoms with van der Waals surface area (Å²) in [6.45, 7) is 6.97. The second-order valence-corrected chi connectivity index (χ2v) is 7.26. The zero-order valence-corrected chi connectivity index (χ0v) is 14.9. The first kappa shape index (κ1) is 17.0. The topological polar surface area (TPSA) is 111 Å². The maximum Gasteiger partial charge on any atom is 0.315 e. The van der Waals surface area contributed by atoms with Crippen LogP contribution in [0.3, 0.4) is 0 Å². The van der Waals surface area contributed by atoms with Gasteiger partial charge in [-0.15, -0.1) is 0 Å². The van der Waals surface area contributed by atoms with Crippen LogP contribution in [0.25, 0.3) is 11.3 Å². The van der Waals surface area contributed by atoms with Crippen molar-refractivity contribution in [3.05, 3.63) is 23.7 Å². The summed E-state index contributed by atoms with van der Waals surface area (Å²) in [5.41, 5.74) is 7.50. The van der Waals surface area contributed by atoms with Crippen LogP contribution in [-0.4, -0.2) is 48.5 Å². The van der Waals surface area contributed by atoms with Gasteiger partial charge >= 0.3 is 6.03 Å². The van der Waals surface area contributed by atoms with Crippen LogP contribution in [0.5, 0.6) is 0 Å². The minimum absolute atomic E-state index is 0.223. The number of hydrogen-bond acceptors (Lipinski definition) is 4. The monoisotopic (exact) mass is 345 g/mol. The van der Waals surface area contributed by atoms with Gasteiger partial charge in [-0.3, -0.25) is 14.2 Å². The molecule has 0 spiro atoms. The highest BCUT2D eigenvalue weighted by atomic mass is 16.2. The van der Waals surface area contributed by atoms with Crippen molar-refractivity contribution in [1.82, 2.24) is 29.8 Å². The summed E-state index contributed by atoms with van der Waals surface area (Å²) >= 11 is 0. The van der Waals surface area contributed by atoms with Gasteiger partial charge in [-0.05, 0) is 20.8 Å². The number of nitrogens with zero attached hydrogens (tertiary/aromatic N) is 5. The highest BCUT2D eigenvalue weighted by molar-refractivity contribution is 6.01. The van der Waals surface area contributed by atoms with Gasteiger partial charge in [0, 0.05) is 30.9 Å². The number of nitrogens with two attached hydrogens (primary N) is 1. The Morgan fingerprint density at radius 2 is 2.00 bits per heavy atom. The van der Waals surface area contributed by atoms with Crippen molar-refractivity contribution in [2.24, 2.45) is 12.8 Å². The molecule has 0 atom stereocenters. The van der Waals surface area contributed by atoms with Crippen LogP contribution >= 0.6 is 0 Å². The molecule has 9 nitrogen and oxygen atoms in total. The van der Waals surface area contributed by atoms with E-state index in [0.29, 0.717) is 30.0 Å². The van der Waals surface area contributed by atoms with Crippen LogP contribution in [0.4, 0.5) is 4.79 Å². The van der Waals surface area contributed by atoms with E-state index in [1.54, 1.807) is 15.6 Å². The molecule has 3 rings (SSSR count). The maximum absolute atomic E-state index is 12.9. The average Bonchev–Trinajstić information content (AvgIpc) is 3.07. The second kappa shape index (κ2) is 5.91. The van der Waals surface area contributed by atoms with Crippen LogP contribution in [0.15, 0.2) is 12.4 Å². The molecule has 0 bridgehead atoms. The van der Waals surface area contributed by atoms with E-state index in [4.69, 9.17) is 5.73 Å². The zero-order chi connectivity index (χ0) is 18.4. The molecule has 2 aromatic heterocycles. The van der Waals surface area contributed by atoms with Crippen LogP contribution in [0, 0.1) is 0 Å². The Labute approximate surface area is 145 Å². The van der Waals surface area contributed by atoms with E-state index in [9.17, 15) is 9.59 Å². The van der Waals surface area contributed by atoms with Gasteiger partial charge in [0.15, 0.2) is 0 Å². The van der Waals surface area contributed by atoms with Gasteiger partial charge < -0.3 is 16.0 Å². The highest BCUT2D eigenvalue weighted by Crippen LogP contribution is 2.28. The van der Waals surface area contributed by atoms with E-state index in [0.717, 1.165) is 5.56 Å². The van der Waals surface area contributed by atoms with Crippen molar-refractivity contribution >= 4 is 11.9 Å². The van der Waals surface area contributed by atoms with E-state index >= 15 is 0 Å². The largest absolute Gasteiger partial charge is 0.351 e. The Morgan fingerprint density at radius 1 is 1.28 bits per heavy atom. The fourth-order valence-electron chi connectivity index (χ4n) is 2.89. The molecule has 0 aromatic carbocycles. The molecule has 0 aliphatic carbocycles. The third-order valence-corrected chi connectivity index (χ3v) is 3.99. The number of aryl methyl sites for hydroxylation is 1. The van der Waals surface area contributed by atoms with Gasteiger partial charge in [-0.25, -0.2) is 4.79 Å². The third kappa shape index (κ3) is 3.35. The first-order chi connectivity index (χ1) is 11.7. The first-order valence-electron chi connectivity index (χ1n) is 8.11. The minimum Gasteiger partial charge on any atom is -0.351 e. The molecule has 9 heteroatoms. The van der Waals surface area contributed by atoms with Gasteiger partial charge in [0.1, 0.15) is 5.69 Å². The predicted molar refractivity (Wildman–Crippen MR) is 91.6 cm³/mol. The van der Waals surface area contributed by atoms with Crippen LogP contribution in [0.1, 0.15) is 36.8 Å². The van der Waals surface area contributed by atoms with Crippen LogP contribution in [0.2, 0.25) is 0 Å². The van der Waals surface area contributed by atoms with E-state index in [-0.39, 0.29) is 12.5 Å². The average molecular weight is 345 g/mol. The molecule has 134 valence electrons. The van der Waals surface area contributed by atoms with E-state index in [2.05, 4.69) is 15.5 Å². The number of carbonyl (C=O) groups is 2. The summed E-state index contributed by atoms with van der Waals surface area (Å²) in [6, 6.07) is -0.502. The summed E-state index contributed by atoms with van der Waals surface area (Å²) < 4.78 is 3.44. The lowest BCUT2D eigenvalue weighted by atomic mass is 10.0. The predicted octanol–water partition coefficient (Wildman–Crippen LogP) is 0.706. The molecule has 1 aliphatic rings. The number of fused-ring (bicyclic) bond motifs is 1. The molecular formula is C16H23N7O2. The molecule has 0 saturated carbocycles. The van der Waals surface area contributed by atoms with Crippen molar-refractivity contribution in [3.8, 4) is 11.3 Å². The standard InChI is InChI=1S/C16H23N7O2/c1-16(2,3)19-14(24)12-11-9-22(15(17)25)5-6-23(11)20-13(12)10-7-18-21(4)8-10/h7-8H,5-6,9H2,1-4H3,(H2,17,25)(H,19,24). The molecule has 3 N–H and O–H groups in total. The number of carbonyl (C=O) groups excluding carboxylic acids is 2. The Bertz CT molecular complexity index is 828. The summed E-state index contributed by atoms with van der Waals surface area (Å²) in [5, 5.41) is 11.7. The Hall–Kier alpha value is -2.84. The Balaban J connectivity index is 2.10. The number of amides is 3. The van der Waals surface area contributed by atoms with Gasteiger partial charge in [-0.2, -0.15) is 10.2 Å². The number of primary amides is 1. The van der Waals surface area contributed by atoms with Crippen molar-refractivity contribution in [2.45, 2.75) is 39.4 Å². The molecular weight excluding hydrogens is 322 g/mol. The van der Waals surface area contributed by atoms with Gasteiger partial charge in [0.2, 0.25) is 0 Å². The maximum atomic E-state index is 12.9. The lowest BCUT2D eigenvalue weighted by molar-refractivity contribution is 0.0916. The molecule has 2 aromatic rings. The fourth-order valence-corrected chi connectivity index (χ4v) is 2.89. The SMILES string of the molecule is Cn1cc(-c2nn3c(c2C(=O)NC(C)(C)C)CN(C(N)=O)CC3)cn1. The number of urea groups is 1. The molecule has 0 fully saturated rings. The molecule has 3 amide bonds. The normalized spacial score (nSPS) is 14.3. The van der Waals surface area contributed by atoms with Gasteiger partial charge in [0.25, 0.3) is 5.91 Å². The molecule has 0 unspecified atom stereocenters. The quantitative estimate of drug-likeness (QED) is 0.835. The van der Waals surface area contributed by atoms with Crippen LogP contribution in [-0.2, 0) is 20.1 Å². The fraction of sp³-hybridized carbons (Fsp3) is 0.500. The molecule has 1 aliphatic heterocycles. The second-order valence-electron chi connectivity index (χ2n) is 7.26. The number of rotatable bonds is 2. The van der Waals surface area contributed by atoms with E-state index in [1.807, 2.05) is 34.0 Å². The molecule has 0 saturated heterocycles. The van der Waals surface area contributed by atoms with Crippen molar-refractivity contribution in [3.63, 3.8) is 0 Å². The molecule has 3 heterocycles. The lowest BCUT2D eigenvalue weighted by Crippen LogP contribution is -2.44. The number of nitrogens with one attached hydrogen (secondary N) is 1. The Morgan fingerprint density at radius 3 is 2.56 bits per heavy atom. The number of hydrogen-bond donors (Lipinski definition) is 2. The number of aromatic nitrogens is 4. The minimum atomic E-state index is -0.502. The zero-order valence-electron chi connectivity index (χ0n) is 14.9. The van der Waals surface area contributed by atoms with Crippen molar-refractivity contribution < 1.29 is 9.59 Å². The first-order valence-corrected chi connectivity index (χ1v) is 8.11. The third-order valence-electron chi connectivity index (χ3n) is 3.99. The van der Waals surface area contributed by atoms with Gasteiger partial charge in [0.05, 0.1) is 30.5 Å². The lowest BCUT2D eigenvalue weighted by Gasteiger charge is -2.27. The van der Waals surface area contributed by atoms with Crippen LogP contribution < -0.4 is 11.1 Å². The summed E-state index contributed by atoms with van der Waals surface area (Å²) in [7, 11) is 1.81. The summed E-state index contributed by atoms with van der Waals surface area (Å²) in [6.07, 6.45) is 3.49. The van der Waals surface area contributed by atoms with Crippen molar-refractivity contribution in [2.75, 3.05) is 6.54 Å².